The summed E-state index contributed by atoms with van der Waals surface area (Å²) >= 11 is 2.14. The normalized spacial score (nSPS) is 26.3. The molecule has 0 spiro atoms. The Morgan fingerprint density at radius 2 is 1.49 bits per heavy atom. The number of rotatable bonds is 6. The van der Waals surface area contributed by atoms with Crippen LogP contribution in [-0.2, 0) is 21.7 Å². The van der Waals surface area contributed by atoms with E-state index < -0.39 is 0 Å². The summed E-state index contributed by atoms with van der Waals surface area (Å²) in [5.41, 5.74) is 21.1. The van der Waals surface area contributed by atoms with Crippen LogP contribution in [0.15, 0.2) is 138 Å². The SMILES string of the molecule is C=C(/C(=C\C(=C/C)C(C)(C)C)C1C=CC=CC1)N1c2cc3c4cc2B2c5c1cc(-c1ccccc1)cc5N(C1=CCC(C(C)(C)C)C=C1)c1sc5c(c12)C(C)(CCC5(C)C)CC4(C)CCC3(C)C. The fraction of sp³-hybridized carbons (Fsp3) is 0.438. The first-order chi connectivity index (χ1) is 32.0. The van der Waals surface area contributed by atoms with Gasteiger partial charge in [-0.3, -0.25) is 0 Å². The second-order valence-electron chi connectivity index (χ2n) is 25.8. The summed E-state index contributed by atoms with van der Waals surface area (Å²) in [7, 11) is 0. The van der Waals surface area contributed by atoms with Gasteiger partial charge < -0.3 is 9.80 Å². The molecule has 0 saturated heterocycles. The highest BCUT2D eigenvalue weighted by Gasteiger charge is 2.56. The molecule has 350 valence electrons. The van der Waals surface area contributed by atoms with Crippen molar-refractivity contribution in [1.82, 2.24) is 0 Å². The Balaban J connectivity index is 1.29. The van der Waals surface area contributed by atoms with Gasteiger partial charge in [-0.15, -0.1) is 11.3 Å². The topological polar surface area (TPSA) is 6.48 Å². The standard InChI is InChI=1S/C64H75BN2S/c1-15-44(59(3,4)5)36-47(42-24-20-17-21-25-42)40(2)66-51-38-48-49-37-50(51)65-55-52(66)34-43(41-22-18-16-19-23-41)35-53(55)67(46-28-26-45(27-29-46)60(6,7)8)58-56(65)54-57(68-58)62(11,12)31-33-64(54,14)39-63(49,13)32-30-61(48,9)10/h15-24,26,28-29,34-38,42,45H,2,25,27,30-33,39H2,1,3-14H3/b44-15+,47-36+. The van der Waals surface area contributed by atoms with Crippen LogP contribution < -0.4 is 26.2 Å². The highest BCUT2D eigenvalue weighted by atomic mass is 32.1. The largest absolute Gasteiger partial charge is 0.312 e. The van der Waals surface area contributed by atoms with E-state index in [1.165, 1.54) is 98.6 Å². The summed E-state index contributed by atoms with van der Waals surface area (Å²) in [6.45, 7) is 37.4. The molecule has 7 aliphatic rings. The lowest BCUT2D eigenvalue weighted by Gasteiger charge is -2.50. The summed E-state index contributed by atoms with van der Waals surface area (Å²) in [6.07, 6.45) is 29.6. The van der Waals surface area contributed by atoms with E-state index in [4.69, 9.17) is 6.58 Å². The van der Waals surface area contributed by atoms with Gasteiger partial charge in [0.25, 0.3) is 6.71 Å². The number of anilines is 4. The average Bonchev–Trinajstić information content (AvgIpc) is 3.73. The van der Waals surface area contributed by atoms with Gasteiger partial charge >= 0.3 is 0 Å². The van der Waals surface area contributed by atoms with Crippen molar-refractivity contribution in [3.05, 3.63) is 160 Å². The van der Waals surface area contributed by atoms with Crippen LogP contribution in [0.1, 0.15) is 157 Å². The number of hydrogen-bond acceptors (Lipinski definition) is 3. The van der Waals surface area contributed by atoms with Crippen molar-refractivity contribution in [1.29, 1.82) is 0 Å². The Labute approximate surface area is 414 Å². The maximum atomic E-state index is 5.32. The molecule has 4 heterocycles. The fourth-order valence-electron chi connectivity index (χ4n) is 13.9. The van der Waals surface area contributed by atoms with Gasteiger partial charge in [-0.1, -0.05) is 175 Å². The maximum absolute atomic E-state index is 5.32. The summed E-state index contributed by atoms with van der Waals surface area (Å²) < 4.78 is 0. The molecule has 3 aliphatic heterocycles. The van der Waals surface area contributed by atoms with Gasteiger partial charge in [0, 0.05) is 39.3 Å². The van der Waals surface area contributed by atoms with Crippen molar-refractivity contribution in [2.75, 3.05) is 9.80 Å². The lowest BCUT2D eigenvalue weighted by Crippen LogP contribution is -2.63. The molecule has 0 N–H and O–H groups in total. The van der Waals surface area contributed by atoms with Gasteiger partial charge in [-0.2, -0.15) is 0 Å². The van der Waals surface area contributed by atoms with Gasteiger partial charge in [0.2, 0.25) is 0 Å². The van der Waals surface area contributed by atoms with Gasteiger partial charge in [-0.25, -0.2) is 0 Å². The monoisotopic (exact) mass is 915 g/mol. The quantitative estimate of drug-likeness (QED) is 0.140. The number of hydrogen-bond donors (Lipinski definition) is 0. The predicted octanol–water partition coefficient (Wildman–Crippen LogP) is 16.0. The van der Waals surface area contributed by atoms with E-state index in [1.54, 1.807) is 21.5 Å². The molecule has 2 bridgehead atoms. The lowest BCUT2D eigenvalue weighted by molar-refractivity contribution is 0.211. The first kappa shape index (κ1) is 45.6. The molecule has 2 nitrogen and oxygen atoms in total. The highest BCUT2D eigenvalue weighted by Crippen LogP contribution is 2.61. The Bertz CT molecular complexity index is 2980. The van der Waals surface area contributed by atoms with E-state index >= 15 is 0 Å². The number of allylic oxidation sites excluding steroid dienone is 11. The first-order valence-electron chi connectivity index (χ1n) is 26.0. The Hall–Kier alpha value is -4.80. The molecular weight excluding hydrogens is 840 g/mol. The minimum Gasteiger partial charge on any atom is -0.312 e. The van der Waals surface area contributed by atoms with Crippen LogP contribution in [0.5, 0.6) is 0 Å². The van der Waals surface area contributed by atoms with Crippen molar-refractivity contribution in [2.45, 2.75) is 157 Å². The van der Waals surface area contributed by atoms with Gasteiger partial charge in [0.15, 0.2) is 0 Å². The van der Waals surface area contributed by atoms with Crippen LogP contribution in [0.4, 0.5) is 22.1 Å². The maximum Gasteiger partial charge on any atom is 0.253 e. The van der Waals surface area contributed by atoms with E-state index in [0.717, 1.165) is 18.5 Å². The lowest BCUT2D eigenvalue weighted by atomic mass is 9.32. The minimum atomic E-state index is -0.0306. The zero-order valence-corrected chi connectivity index (χ0v) is 44.4. The van der Waals surface area contributed by atoms with Gasteiger partial charge in [0.1, 0.15) is 0 Å². The third-order valence-electron chi connectivity index (χ3n) is 18.1. The zero-order valence-electron chi connectivity index (χ0n) is 43.6. The molecule has 4 unspecified atom stereocenters. The van der Waals surface area contributed by atoms with Crippen LogP contribution in [0.3, 0.4) is 0 Å². The van der Waals surface area contributed by atoms with Crippen molar-refractivity contribution >= 4 is 56.5 Å². The van der Waals surface area contributed by atoms with Crippen molar-refractivity contribution in [3.8, 4) is 11.1 Å². The molecule has 0 radical (unpaired) electrons. The fourth-order valence-corrected chi connectivity index (χ4v) is 15.6. The highest BCUT2D eigenvalue weighted by molar-refractivity contribution is 7.20. The van der Waals surface area contributed by atoms with Crippen LogP contribution in [-0.4, -0.2) is 6.71 Å². The summed E-state index contributed by atoms with van der Waals surface area (Å²) in [5.74, 6) is 0.682. The van der Waals surface area contributed by atoms with Crippen LogP contribution in [0, 0.1) is 22.7 Å². The summed E-state index contributed by atoms with van der Waals surface area (Å²) in [6, 6.07) is 21.8. The van der Waals surface area contributed by atoms with Gasteiger partial charge in [0.05, 0.1) is 5.00 Å². The smallest absolute Gasteiger partial charge is 0.253 e. The molecule has 4 aliphatic carbocycles. The molecule has 4 aromatic rings. The molecule has 68 heavy (non-hydrogen) atoms. The van der Waals surface area contributed by atoms with E-state index in [9.17, 15) is 0 Å². The van der Waals surface area contributed by atoms with Crippen LogP contribution >= 0.6 is 11.3 Å². The molecule has 3 aromatic carbocycles. The molecule has 11 rings (SSSR count). The van der Waals surface area contributed by atoms with E-state index in [1.807, 2.05) is 0 Å². The van der Waals surface area contributed by atoms with E-state index in [-0.39, 0.29) is 45.1 Å². The summed E-state index contributed by atoms with van der Waals surface area (Å²) in [5, 5.41) is 1.44. The molecule has 0 saturated carbocycles. The van der Waals surface area contributed by atoms with Crippen LogP contribution in [0.2, 0.25) is 0 Å². The molecule has 1 aromatic heterocycles. The van der Waals surface area contributed by atoms with E-state index in [2.05, 4.69) is 220 Å². The van der Waals surface area contributed by atoms with Crippen molar-refractivity contribution in [2.24, 2.45) is 22.7 Å². The summed E-state index contributed by atoms with van der Waals surface area (Å²) in [4.78, 5) is 7.06. The third kappa shape index (κ3) is 6.91. The zero-order chi connectivity index (χ0) is 48.1. The molecule has 4 heteroatoms. The molecule has 4 atom stereocenters. The molecule has 0 fully saturated rings. The van der Waals surface area contributed by atoms with Crippen LogP contribution in [0.25, 0.3) is 11.1 Å². The third-order valence-corrected chi connectivity index (χ3v) is 19.6. The average molecular weight is 915 g/mol. The Kier molecular flexibility index (Phi) is 10.3. The molecule has 0 amide bonds. The van der Waals surface area contributed by atoms with Crippen molar-refractivity contribution in [3.63, 3.8) is 0 Å². The Morgan fingerprint density at radius 3 is 2.15 bits per heavy atom. The van der Waals surface area contributed by atoms with E-state index in [0.29, 0.717) is 5.92 Å². The first-order valence-corrected chi connectivity index (χ1v) is 26.9. The molecular formula is C64H75BN2S. The second-order valence-corrected chi connectivity index (χ2v) is 26.8. The number of benzene rings is 3. The Morgan fingerprint density at radius 1 is 0.765 bits per heavy atom. The van der Waals surface area contributed by atoms with Gasteiger partial charge in [-0.05, 0) is 170 Å². The second kappa shape index (κ2) is 15.4. The number of thiophene rings is 1. The van der Waals surface area contributed by atoms with Crippen molar-refractivity contribution < 1.29 is 0 Å². The minimum absolute atomic E-state index is 0.0306. The number of nitrogens with zero attached hydrogens (tertiary/aromatic N) is 2. The predicted molar refractivity (Wildman–Crippen MR) is 297 cm³/mol.